The van der Waals surface area contributed by atoms with Gasteiger partial charge < -0.3 is 20.9 Å². The Morgan fingerprint density at radius 1 is 1.12 bits per heavy atom. The Hall–Kier alpha value is -2.60. The first-order chi connectivity index (χ1) is 12.1. The van der Waals surface area contributed by atoms with Gasteiger partial charge in [0.05, 0.1) is 6.42 Å². The summed E-state index contributed by atoms with van der Waals surface area (Å²) < 4.78 is 0. The van der Waals surface area contributed by atoms with E-state index >= 15 is 0 Å². The molecule has 6 heteroatoms. The van der Waals surface area contributed by atoms with Crippen molar-refractivity contribution in [2.75, 3.05) is 43.9 Å². The van der Waals surface area contributed by atoms with Gasteiger partial charge in [0.15, 0.2) is 0 Å². The van der Waals surface area contributed by atoms with Crippen LogP contribution in [0.1, 0.15) is 11.1 Å². The monoisotopic (exact) mass is 339 g/mol. The minimum absolute atomic E-state index is 0.00253. The van der Waals surface area contributed by atoms with Crippen molar-refractivity contribution < 1.29 is 4.79 Å². The standard InChI is InChI=1S/C19H25N5O/c1-23-8-10-24(11-9-23)18-12-16(6-7-21-18)14-22-19(25)13-15-2-4-17(20)5-3-15/h2-7,12H,8-11,13-14,20H2,1H3,(H,22,25). The second kappa shape index (κ2) is 7.98. The topological polar surface area (TPSA) is 74.5 Å². The molecule has 3 N–H and O–H groups in total. The largest absolute Gasteiger partial charge is 0.399 e. The maximum atomic E-state index is 12.1. The number of hydrogen-bond donors (Lipinski definition) is 2. The minimum Gasteiger partial charge on any atom is -0.399 e. The number of likely N-dealkylation sites (N-methyl/N-ethyl adjacent to an activating group) is 1. The van der Waals surface area contributed by atoms with Crippen molar-refractivity contribution in [1.29, 1.82) is 0 Å². The smallest absolute Gasteiger partial charge is 0.224 e. The van der Waals surface area contributed by atoms with Crippen molar-refractivity contribution in [2.24, 2.45) is 0 Å². The molecule has 3 rings (SSSR count). The normalized spacial score (nSPS) is 15.2. The van der Waals surface area contributed by atoms with E-state index in [0.717, 1.165) is 43.1 Å². The van der Waals surface area contributed by atoms with E-state index in [-0.39, 0.29) is 5.91 Å². The molecule has 0 spiro atoms. The van der Waals surface area contributed by atoms with Crippen molar-refractivity contribution in [3.05, 3.63) is 53.7 Å². The number of piperazine rings is 1. The molecule has 1 saturated heterocycles. The molecule has 0 radical (unpaired) electrons. The Bertz CT molecular complexity index is 708. The highest BCUT2D eigenvalue weighted by Gasteiger charge is 2.15. The molecule has 0 bridgehead atoms. The molecule has 132 valence electrons. The van der Waals surface area contributed by atoms with E-state index in [9.17, 15) is 4.79 Å². The van der Waals surface area contributed by atoms with Crippen LogP contribution in [-0.2, 0) is 17.8 Å². The number of nitrogens with two attached hydrogens (primary N) is 1. The molecule has 1 aliphatic heterocycles. The highest BCUT2D eigenvalue weighted by molar-refractivity contribution is 5.78. The fourth-order valence-electron chi connectivity index (χ4n) is 2.86. The van der Waals surface area contributed by atoms with E-state index in [4.69, 9.17) is 5.73 Å². The first-order valence-corrected chi connectivity index (χ1v) is 8.60. The Kier molecular flexibility index (Phi) is 5.50. The molecule has 1 aromatic heterocycles. The van der Waals surface area contributed by atoms with Crippen molar-refractivity contribution in [3.8, 4) is 0 Å². The summed E-state index contributed by atoms with van der Waals surface area (Å²) in [4.78, 5) is 21.2. The van der Waals surface area contributed by atoms with Crippen molar-refractivity contribution in [2.45, 2.75) is 13.0 Å². The minimum atomic E-state index is 0.00253. The molecular formula is C19H25N5O. The van der Waals surface area contributed by atoms with E-state index < -0.39 is 0 Å². The van der Waals surface area contributed by atoms with Gasteiger partial charge in [-0.25, -0.2) is 4.98 Å². The second-order valence-corrected chi connectivity index (χ2v) is 6.51. The second-order valence-electron chi connectivity index (χ2n) is 6.51. The highest BCUT2D eigenvalue weighted by Crippen LogP contribution is 2.15. The average molecular weight is 339 g/mol. The van der Waals surface area contributed by atoms with Crippen LogP contribution >= 0.6 is 0 Å². The number of nitrogens with one attached hydrogen (secondary N) is 1. The summed E-state index contributed by atoms with van der Waals surface area (Å²) >= 11 is 0. The summed E-state index contributed by atoms with van der Waals surface area (Å²) in [5.41, 5.74) is 8.39. The molecule has 1 fully saturated rings. The Labute approximate surface area is 148 Å². The van der Waals surface area contributed by atoms with Gasteiger partial charge in [-0.05, 0) is 42.4 Å². The van der Waals surface area contributed by atoms with E-state index in [2.05, 4.69) is 33.2 Å². The number of amides is 1. The number of aromatic nitrogens is 1. The Morgan fingerprint density at radius 2 is 1.84 bits per heavy atom. The number of nitrogens with zero attached hydrogens (tertiary/aromatic N) is 3. The fourth-order valence-corrected chi connectivity index (χ4v) is 2.86. The molecule has 1 amide bonds. The van der Waals surface area contributed by atoms with Crippen LogP contribution in [0.3, 0.4) is 0 Å². The molecule has 0 atom stereocenters. The summed E-state index contributed by atoms with van der Waals surface area (Å²) in [6.45, 7) is 4.57. The molecule has 1 aliphatic rings. The van der Waals surface area contributed by atoms with Gasteiger partial charge in [-0.1, -0.05) is 12.1 Å². The Morgan fingerprint density at radius 3 is 2.56 bits per heavy atom. The van der Waals surface area contributed by atoms with Crippen LogP contribution in [0, 0.1) is 0 Å². The lowest BCUT2D eigenvalue weighted by atomic mass is 10.1. The van der Waals surface area contributed by atoms with Gasteiger partial charge in [-0.3, -0.25) is 4.79 Å². The molecule has 6 nitrogen and oxygen atoms in total. The van der Waals surface area contributed by atoms with E-state index in [1.165, 1.54) is 0 Å². The molecule has 0 unspecified atom stereocenters. The summed E-state index contributed by atoms with van der Waals surface area (Å²) in [5, 5.41) is 2.97. The van der Waals surface area contributed by atoms with Crippen molar-refractivity contribution >= 4 is 17.4 Å². The number of carbonyl (C=O) groups is 1. The Balaban J connectivity index is 1.53. The van der Waals surface area contributed by atoms with E-state index in [1.54, 1.807) is 0 Å². The van der Waals surface area contributed by atoms with Crippen molar-refractivity contribution in [1.82, 2.24) is 15.2 Å². The van der Waals surface area contributed by atoms with Crippen LogP contribution in [0.2, 0.25) is 0 Å². The number of nitrogen functional groups attached to an aromatic ring is 1. The van der Waals surface area contributed by atoms with Gasteiger partial charge in [-0.15, -0.1) is 0 Å². The molecular weight excluding hydrogens is 314 g/mol. The quantitative estimate of drug-likeness (QED) is 0.803. The number of rotatable bonds is 5. The van der Waals surface area contributed by atoms with Gasteiger partial charge in [0, 0.05) is 44.6 Å². The maximum absolute atomic E-state index is 12.1. The maximum Gasteiger partial charge on any atom is 0.224 e. The molecule has 2 aromatic rings. The van der Waals surface area contributed by atoms with Gasteiger partial charge in [0.25, 0.3) is 0 Å². The zero-order chi connectivity index (χ0) is 17.6. The van der Waals surface area contributed by atoms with E-state index in [1.807, 2.05) is 36.5 Å². The van der Waals surface area contributed by atoms with Gasteiger partial charge in [0.2, 0.25) is 5.91 Å². The van der Waals surface area contributed by atoms with E-state index in [0.29, 0.717) is 18.7 Å². The fraction of sp³-hybridized carbons (Fsp3) is 0.368. The van der Waals surface area contributed by atoms with Crippen LogP contribution in [0.5, 0.6) is 0 Å². The van der Waals surface area contributed by atoms with Crippen LogP contribution in [0.4, 0.5) is 11.5 Å². The number of benzene rings is 1. The highest BCUT2D eigenvalue weighted by atomic mass is 16.1. The van der Waals surface area contributed by atoms with Crippen LogP contribution in [-0.4, -0.2) is 49.0 Å². The molecule has 25 heavy (non-hydrogen) atoms. The van der Waals surface area contributed by atoms with Crippen LogP contribution < -0.4 is 16.0 Å². The summed E-state index contributed by atoms with van der Waals surface area (Å²) in [5.74, 6) is 0.987. The first-order valence-electron chi connectivity index (χ1n) is 8.60. The molecule has 2 heterocycles. The van der Waals surface area contributed by atoms with Crippen LogP contribution in [0.25, 0.3) is 0 Å². The summed E-state index contributed by atoms with van der Waals surface area (Å²) in [6.07, 6.45) is 2.17. The lowest BCUT2D eigenvalue weighted by Crippen LogP contribution is -2.44. The van der Waals surface area contributed by atoms with Gasteiger partial charge >= 0.3 is 0 Å². The zero-order valence-corrected chi connectivity index (χ0v) is 14.6. The third-order valence-electron chi connectivity index (χ3n) is 4.47. The van der Waals surface area contributed by atoms with Crippen LogP contribution in [0.15, 0.2) is 42.6 Å². The lowest BCUT2D eigenvalue weighted by molar-refractivity contribution is -0.120. The van der Waals surface area contributed by atoms with Crippen molar-refractivity contribution in [3.63, 3.8) is 0 Å². The number of carbonyl (C=O) groups excluding carboxylic acids is 1. The molecule has 0 saturated carbocycles. The predicted octanol–water partition coefficient (Wildman–Crippen LogP) is 1.27. The first kappa shape index (κ1) is 17.2. The SMILES string of the molecule is CN1CCN(c2cc(CNC(=O)Cc3ccc(N)cc3)ccn2)CC1. The summed E-state index contributed by atoms with van der Waals surface area (Å²) in [7, 11) is 2.14. The third kappa shape index (κ3) is 4.93. The lowest BCUT2D eigenvalue weighted by Gasteiger charge is -2.33. The predicted molar refractivity (Wildman–Crippen MR) is 100 cm³/mol. The molecule has 1 aromatic carbocycles. The average Bonchev–Trinajstić information content (AvgIpc) is 2.63. The number of hydrogen-bond acceptors (Lipinski definition) is 5. The molecule has 0 aliphatic carbocycles. The number of pyridine rings is 1. The zero-order valence-electron chi connectivity index (χ0n) is 14.6. The van der Waals surface area contributed by atoms with Gasteiger partial charge in [-0.2, -0.15) is 0 Å². The third-order valence-corrected chi connectivity index (χ3v) is 4.47. The van der Waals surface area contributed by atoms with Gasteiger partial charge in [0.1, 0.15) is 5.82 Å². The number of anilines is 2. The summed E-state index contributed by atoms with van der Waals surface area (Å²) in [6, 6.07) is 11.4.